The van der Waals surface area contributed by atoms with Gasteiger partial charge in [-0.3, -0.25) is 4.79 Å². The molecule has 1 aromatic carbocycles. The van der Waals surface area contributed by atoms with Crippen molar-refractivity contribution in [2.24, 2.45) is 0 Å². The number of rotatable bonds is 9. The zero-order valence-electron chi connectivity index (χ0n) is 16.9. The van der Waals surface area contributed by atoms with Crippen LogP contribution in [0.2, 0.25) is 0 Å². The van der Waals surface area contributed by atoms with E-state index >= 15 is 0 Å². The monoisotopic (exact) mass is 485 g/mol. The Morgan fingerprint density at radius 3 is 2.38 bits per heavy atom. The number of thiazole rings is 1. The number of halogens is 3. The number of aliphatic carboxylic acids is 1. The van der Waals surface area contributed by atoms with Crippen LogP contribution in [-0.4, -0.2) is 43.7 Å². The average Bonchev–Trinajstić information content (AvgIpc) is 3.14. The van der Waals surface area contributed by atoms with E-state index in [1.165, 1.54) is 59.8 Å². The first-order valence-corrected chi connectivity index (χ1v) is 10.9. The molecule has 0 bridgehead atoms. The molecule has 0 unspecified atom stereocenters. The quantitative estimate of drug-likeness (QED) is 0.420. The predicted molar refractivity (Wildman–Crippen MR) is 113 cm³/mol. The summed E-state index contributed by atoms with van der Waals surface area (Å²) < 4.78 is 45.8. The van der Waals surface area contributed by atoms with Crippen molar-refractivity contribution in [3.63, 3.8) is 0 Å². The topological polar surface area (TPSA) is 94.4 Å². The number of aromatic nitrogens is 3. The Morgan fingerprint density at radius 1 is 1.12 bits per heavy atom. The van der Waals surface area contributed by atoms with Crippen LogP contribution in [0, 0.1) is 0 Å². The van der Waals surface area contributed by atoms with Crippen LogP contribution in [0.1, 0.15) is 19.5 Å². The van der Waals surface area contributed by atoms with Crippen molar-refractivity contribution in [1.29, 1.82) is 0 Å². The largest absolute Gasteiger partial charge is 0.573 e. The van der Waals surface area contributed by atoms with Gasteiger partial charge in [0.1, 0.15) is 10.5 Å². The second-order valence-electron chi connectivity index (χ2n) is 6.95. The van der Waals surface area contributed by atoms with Crippen LogP contribution in [0.25, 0.3) is 11.1 Å². The highest BCUT2D eigenvalue weighted by molar-refractivity contribution is 8.02. The molecule has 0 radical (unpaired) electrons. The molecule has 0 saturated carbocycles. The Balaban J connectivity index is 1.51. The Labute approximate surface area is 189 Å². The van der Waals surface area contributed by atoms with Crippen LogP contribution in [0.5, 0.6) is 11.8 Å². The molecule has 170 valence electrons. The van der Waals surface area contributed by atoms with Gasteiger partial charge >= 0.3 is 18.3 Å². The highest BCUT2D eigenvalue weighted by Gasteiger charge is 2.31. The van der Waals surface area contributed by atoms with Gasteiger partial charge in [0.2, 0.25) is 0 Å². The summed E-state index contributed by atoms with van der Waals surface area (Å²) in [4.78, 5) is 23.8. The molecule has 0 aliphatic heterocycles. The lowest BCUT2D eigenvalue weighted by molar-refractivity contribution is -0.274. The molecule has 0 saturated heterocycles. The highest BCUT2D eigenvalue weighted by atomic mass is 32.2. The van der Waals surface area contributed by atoms with E-state index in [1.807, 2.05) is 5.38 Å². The van der Waals surface area contributed by atoms with Gasteiger partial charge in [-0.05, 0) is 31.5 Å². The molecule has 0 atom stereocenters. The van der Waals surface area contributed by atoms with Crippen molar-refractivity contribution in [1.82, 2.24) is 15.0 Å². The minimum atomic E-state index is -4.74. The molecule has 1 N–H and O–H groups in total. The van der Waals surface area contributed by atoms with Crippen LogP contribution >= 0.6 is 23.1 Å². The van der Waals surface area contributed by atoms with Gasteiger partial charge in [0.15, 0.2) is 4.34 Å². The molecule has 0 aliphatic rings. The third kappa shape index (κ3) is 6.82. The van der Waals surface area contributed by atoms with Gasteiger partial charge in [0.05, 0.1) is 12.3 Å². The van der Waals surface area contributed by atoms with Crippen LogP contribution in [-0.2, 0) is 11.2 Å². The lowest BCUT2D eigenvalue weighted by Gasteiger charge is -2.15. The first kappa shape index (κ1) is 23.8. The molecule has 0 aliphatic carbocycles. The van der Waals surface area contributed by atoms with E-state index in [4.69, 9.17) is 4.74 Å². The van der Waals surface area contributed by atoms with E-state index < -0.39 is 17.1 Å². The molecule has 2 heterocycles. The minimum Gasteiger partial charge on any atom is -0.480 e. The summed E-state index contributed by atoms with van der Waals surface area (Å²) in [5.41, 5.74) is 2.01. The summed E-state index contributed by atoms with van der Waals surface area (Å²) in [5.74, 6) is -1.22. The summed E-state index contributed by atoms with van der Waals surface area (Å²) in [6.45, 7) is 3.52. The van der Waals surface area contributed by atoms with E-state index in [0.717, 1.165) is 5.69 Å². The summed E-state index contributed by atoms with van der Waals surface area (Å²) >= 11 is 2.56. The molecule has 0 fully saturated rings. The van der Waals surface area contributed by atoms with Crippen molar-refractivity contribution in [3.05, 3.63) is 47.7 Å². The summed E-state index contributed by atoms with van der Waals surface area (Å²) in [5, 5.41) is 11.0. The molecule has 3 rings (SSSR count). The fourth-order valence-corrected chi connectivity index (χ4v) is 4.57. The Hall–Kier alpha value is -2.86. The van der Waals surface area contributed by atoms with Crippen molar-refractivity contribution >= 4 is 29.1 Å². The Bertz CT molecular complexity index is 1060. The third-order valence-electron chi connectivity index (χ3n) is 4.03. The summed E-state index contributed by atoms with van der Waals surface area (Å²) in [6, 6.07) is 5.53. The SMILES string of the molecule is CC(C)(Sc1nc(CCOc2ncc(-c3ccc(OC(F)(F)F)cc3)cn2)cs1)C(=O)O. The van der Waals surface area contributed by atoms with E-state index in [-0.39, 0.29) is 18.4 Å². The second-order valence-corrected chi connectivity index (χ2v) is 9.68. The number of benzene rings is 1. The van der Waals surface area contributed by atoms with Crippen LogP contribution in [0.3, 0.4) is 0 Å². The molecule has 12 heteroatoms. The van der Waals surface area contributed by atoms with Gasteiger partial charge in [-0.25, -0.2) is 15.0 Å². The second kappa shape index (κ2) is 9.74. The first-order valence-electron chi connectivity index (χ1n) is 9.20. The zero-order valence-corrected chi connectivity index (χ0v) is 18.6. The number of ether oxygens (including phenoxy) is 2. The molecular weight excluding hydrogens is 467 g/mol. The molecule has 2 aromatic heterocycles. The van der Waals surface area contributed by atoms with E-state index in [1.54, 1.807) is 13.8 Å². The maximum absolute atomic E-state index is 12.2. The zero-order chi connectivity index (χ0) is 23.4. The van der Waals surface area contributed by atoms with E-state index in [0.29, 0.717) is 21.9 Å². The number of thioether (sulfide) groups is 1. The fraction of sp³-hybridized carbons (Fsp3) is 0.300. The number of hydrogen-bond donors (Lipinski definition) is 1. The number of hydrogen-bond acceptors (Lipinski definition) is 8. The van der Waals surface area contributed by atoms with Crippen LogP contribution < -0.4 is 9.47 Å². The molecule has 3 aromatic rings. The third-order valence-corrected chi connectivity index (χ3v) is 6.20. The molecule has 0 amide bonds. The highest BCUT2D eigenvalue weighted by Crippen LogP contribution is 2.34. The number of nitrogens with zero attached hydrogens (tertiary/aromatic N) is 3. The van der Waals surface area contributed by atoms with Gasteiger partial charge in [-0.2, -0.15) is 0 Å². The van der Waals surface area contributed by atoms with Crippen molar-refractivity contribution in [2.75, 3.05) is 6.61 Å². The van der Waals surface area contributed by atoms with Gasteiger partial charge in [-0.15, -0.1) is 24.5 Å². The molecule has 0 spiro atoms. The number of alkyl halides is 3. The Kier molecular flexibility index (Phi) is 7.24. The molecule has 7 nitrogen and oxygen atoms in total. The fourth-order valence-electron chi connectivity index (χ4n) is 2.35. The lowest BCUT2D eigenvalue weighted by atomic mass is 10.1. The lowest BCUT2D eigenvalue weighted by Crippen LogP contribution is -2.26. The number of carboxylic acids is 1. The minimum absolute atomic E-state index is 0.155. The smallest absolute Gasteiger partial charge is 0.480 e. The maximum Gasteiger partial charge on any atom is 0.573 e. The van der Waals surface area contributed by atoms with Gasteiger partial charge in [0.25, 0.3) is 0 Å². The van der Waals surface area contributed by atoms with Gasteiger partial charge in [0, 0.05) is 29.8 Å². The molecule has 32 heavy (non-hydrogen) atoms. The van der Waals surface area contributed by atoms with Crippen molar-refractivity contribution in [2.45, 2.75) is 35.7 Å². The number of carbonyl (C=O) groups is 1. The van der Waals surface area contributed by atoms with Gasteiger partial charge < -0.3 is 14.6 Å². The first-order chi connectivity index (χ1) is 15.0. The number of carboxylic acid groups (broad SMARTS) is 1. The standard InChI is InChI=1S/C20H18F3N3O4S2/c1-19(2,16(27)28)32-18-26-14(11-31-18)7-8-29-17-24-9-13(10-25-17)12-3-5-15(6-4-12)30-20(21,22)23/h3-6,9-11H,7-8H2,1-2H3,(H,27,28). The van der Waals surface area contributed by atoms with Crippen LogP contribution in [0.15, 0.2) is 46.4 Å². The maximum atomic E-state index is 12.2. The van der Waals surface area contributed by atoms with Gasteiger partial charge in [-0.1, -0.05) is 23.9 Å². The van der Waals surface area contributed by atoms with E-state index in [9.17, 15) is 23.1 Å². The van der Waals surface area contributed by atoms with Crippen molar-refractivity contribution in [3.8, 4) is 22.9 Å². The van der Waals surface area contributed by atoms with Crippen LogP contribution in [0.4, 0.5) is 13.2 Å². The van der Waals surface area contributed by atoms with Crippen molar-refractivity contribution < 1.29 is 32.5 Å². The Morgan fingerprint density at radius 2 is 1.78 bits per heavy atom. The predicted octanol–water partition coefficient (Wildman–Crippen LogP) is 5.08. The summed E-state index contributed by atoms with van der Waals surface area (Å²) in [6.07, 6.45) is -1.23. The summed E-state index contributed by atoms with van der Waals surface area (Å²) in [7, 11) is 0. The average molecular weight is 486 g/mol. The molecular formula is C20H18F3N3O4S2. The van der Waals surface area contributed by atoms with E-state index in [2.05, 4.69) is 19.7 Å². The normalized spacial score (nSPS) is 11.9.